The monoisotopic (exact) mass is 218 g/mol. The summed E-state index contributed by atoms with van der Waals surface area (Å²) in [5.41, 5.74) is 7.02. The third-order valence-electron chi connectivity index (χ3n) is 2.52. The van der Waals surface area contributed by atoms with Crippen molar-refractivity contribution in [2.24, 2.45) is 5.73 Å². The molecular weight excluding hydrogens is 204 g/mol. The van der Waals surface area contributed by atoms with Crippen LogP contribution in [0.5, 0.6) is 5.75 Å². The van der Waals surface area contributed by atoms with E-state index in [-0.39, 0.29) is 0 Å². The van der Waals surface area contributed by atoms with E-state index < -0.39 is 5.91 Å². The maximum Gasteiger partial charge on any atom is 0.241 e. The van der Waals surface area contributed by atoms with Gasteiger partial charge in [0.25, 0.3) is 0 Å². The number of hydrogen-bond acceptors (Lipinski definition) is 3. The zero-order valence-electron chi connectivity index (χ0n) is 9.14. The second-order valence-electron chi connectivity index (χ2n) is 3.73. The van der Waals surface area contributed by atoms with Crippen molar-refractivity contribution in [1.82, 2.24) is 0 Å². The van der Waals surface area contributed by atoms with Gasteiger partial charge in [0.05, 0.1) is 12.2 Å². The predicted octanol–water partition coefficient (Wildman–Crippen LogP) is 1.01. The molecule has 16 heavy (non-hydrogen) atoms. The summed E-state index contributed by atoms with van der Waals surface area (Å²) in [7, 11) is 2.03. The highest BCUT2D eigenvalue weighted by atomic mass is 16.5. The molecule has 0 saturated carbocycles. The predicted molar refractivity (Wildman–Crippen MR) is 63.4 cm³/mol. The van der Waals surface area contributed by atoms with Crippen molar-refractivity contribution in [3.05, 3.63) is 29.8 Å². The zero-order chi connectivity index (χ0) is 11.5. The van der Waals surface area contributed by atoms with E-state index in [4.69, 9.17) is 10.5 Å². The maximum atomic E-state index is 10.6. The first-order valence-corrected chi connectivity index (χ1v) is 5.12. The van der Waals surface area contributed by atoms with Gasteiger partial charge in [-0.05, 0) is 23.8 Å². The quantitative estimate of drug-likeness (QED) is 0.754. The number of fused-ring (bicyclic) bond motifs is 1. The molecule has 84 valence electrons. The van der Waals surface area contributed by atoms with E-state index in [2.05, 4.69) is 4.90 Å². The third-order valence-corrected chi connectivity index (χ3v) is 2.52. The average Bonchev–Trinajstić information content (AvgIpc) is 2.26. The number of rotatable bonds is 2. The van der Waals surface area contributed by atoms with Crippen LogP contribution in [0.15, 0.2) is 24.3 Å². The van der Waals surface area contributed by atoms with Crippen LogP contribution in [0.3, 0.4) is 0 Å². The van der Waals surface area contributed by atoms with E-state index >= 15 is 0 Å². The lowest BCUT2D eigenvalue weighted by Gasteiger charge is -2.27. The van der Waals surface area contributed by atoms with Crippen LogP contribution < -0.4 is 15.4 Å². The number of primary amides is 1. The molecule has 1 heterocycles. The van der Waals surface area contributed by atoms with Gasteiger partial charge in [-0.1, -0.05) is 6.07 Å². The number of hydrogen-bond donors (Lipinski definition) is 1. The number of nitrogens with two attached hydrogens (primary N) is 1. The van der Waals surface area contributed by atoms with Crippen LogP contribution in [-0.4, -0.2) is 26.1 Å². The van der Waals surface area contributed by atoms with Crippen molar-refractivity contribution in [2.45, 2.75) is 0 Å². The van der Waals surface area contributed by atoms with E-state index in [1.54, 1.807) is 6.08 Å². The Kier molecular flexibility index (Phi) is 2.81. The van der Waals surface area contributed by atoms with Gasteiger partial charge in [-0.15, -0.1) is 0 Å². The first kappa shape index (κ1) is 10.5. The van der Waals surface area contributed by atoms with Crippen molar-refractivity contribution >= 4 is 17.7 Å². The summed E-state index contributed by atoms with van der Waals surface area (Å²) >= 11 is 0. The molecule has 0 fully saturated rings. The van der Waals surface area contributed by atoms with Gasteiger partial charge in [-0.2, -0.15) is 0 Å². The molecule has 0 atom stereocenters. The summed E-state index contributed by atoms with van der Waals surface area (Å²) in [6, 6.07) is 5.82. The fraction of sp³-hybridized carbons (Fsp3) is 0.250. The third kappa shape index (κ3) is 2.16. The Morgan fingerprint density at radius 3 is 3.12 bits per heavy atom. The summed E-state index contributed by atoms with van der Waals surface area (Å²) in [5.74, 6) is 0.399. The molecule has 0 radical (unpaired) electrons. The smallest absolute Gasteiger partial charge is 0.241 e. The Bertz CT molecular complexity index is 441. The first-order chi connectivity index (χ1) is 7.66. The number of ether oxygens (including phenoxy) is 1. The highest BCUT2D eigenvalue weighted by Crippen LogP contribution is 2.31. The van der Waals surface area contributed by atoms with Gasteiger partial charge in [0.15, 0.2) is 0 Å². The van der Waals surface area contributed by atoms with Crippen LogP contribution in [0.1, 0.15) is 5.56 Å². The van der Waals surface area contributed by atoms with Gasteiger partial charge in [0.1, 0.15) is 12.4 Å². The van der Waals surface area contributed by atoms with E-state index in [1.165, 1.54) is 6.08 Å². The maximum absolute atomic E-state index is 10.6. The van der Waals surface area contributed by atoms with Crippen molar-refractivity contribution < 1.29 is 9.53 Å². The van der Waals surface area contributed by atoms with Crippen LogP contribution in [0.4, 0.5) is 5.69 Å². The molecule has 2 N–H and O–H groups in total. The Balaban J connectivity index is 2.28. The molecule has 1 amide bonds. The van der Waals surface area contributed by atoms with Crippen molar-refractivity contribution in [3.63, 3.8) is 0 Å². The highest BCUT2D eigenvalue weighted by molar-refractivity contribution is 5.90. The Hall–Kier alpha value is -1.97. The van der Waals surface area contributed by atoms with E-state index in [1.807, 2.05) is 25.2 Å². The number of carbonyl (C=O) groups is 1. The molecule has 0 aromatic heterocycles. The number of nitrogens with zero attached hydrogens (tertiary/aromatic N) is 1. The van der Waals surface area contributed by atoms with Crippen LogP contribution in [0.2, 0.25) is 0 Å². The average molecular weight is 218 g/mol. The Labute approximate surface area is 94.3 Å². The summed E-state index contributed by atoms with van der Waals surface area (Å²) in [5, 5.41) is 0. The fourth-order valence-electron chi connectivity index (χ4n) is 1.66. The lowest BCUT2D eigenvalue weighted by Crippen LogP contribution is -2.28. The van der Waals surface area contributed by atoms with E-state index in [0.29, 0.717) is 6.61 Å². The minimum Gasteiger partial charge on any atom is -0.490 e. The number of anilines is 1. The second kappa shape index (κ2) is 4.26. The Morgan fingerprint density at radius 1 is 1.56 bits per heavy atom. The van der Waals surface area contributed by atoms with Crippen LogP contribution >= 0.6 is 0 Å². The summed E-state index contributed by atoms with van der Waals surface area (Å²) < 4.78 is 5.55. The summed E-state index contributed by atoms with van der Waals surface area (Å²) in [6.07, 6.45) is 3.02. The molecule has 4 heteroatoms. The first-order valence-electron chi connectivity index (χ1n) is 5.12. The lowest BCUT2D eigenvalue weighted by molar-refractivity contribution is -0.113. The Morgan fingerprint density at radius 2 is 2.38 bits per heavy atom. The van der Waals surface area contributed by atoms with Gasteiger partial charge in [-0.3, -0.25) is 4.79 Å². The largest absolute Gasteiger partial charge is 0.490 e. The van der Waals surface area contributed by atoms with Crippen molar-refractivity contribution in [3.8, 4) is 5.75 Å². The molecule has 2 rings (SSSR count). The topological polar surface area (TPSA) is 55.6 Å². The minimum absolute atomic E-state index is 0.448. The SMILES string of the molecule is CN1CCOc2cc(/C=C\C(N)=O)ccc21. The van der Waals surface area contributed by atoms with Gasteiger partial charge in [0, 0.05) is 13.1 Å². The van der Waals surface area contributed by atoms with Gasteiger partial charge in [-0.25, -0.2) is 0 Å². The summed E-state index contributed by atoms with van der Waals surface area (Å²) in [6.45, 7) is 1.58. The number of likely N-dealkylation sites (N-methyl/N-ethyl adjacent to an activating group) is 1. The molecular formula is C12H14N2O2. The molecule has 0 aliphatic carbocycles. The van der Waals surface area contributed by atoms with Gasteiger partial charge >= 0.3 is 0 Å². The highest BCUT2D eigenvalue weighted by Gasteiger charge is 2.14. The normalized spacial score (nSPS) is 14.7. The molecule has 1 aliphatic rings. The van der Waals surface area contributed by atoms with E-state index in [9.17, 15) is 4.79 Å². The van der Waals surface area contributed by atoms with Crippen LogP contribution in [0, 0.1) is 0 Å². The van der Waals surface area contributed by atoms with E-state index in [0.717, 1.165) is 23.5 Å². The standard InChI is InChI=1S/C12H14N2O2/c1-14-6-7-16-11-8-9(2-4-10(11)14)3-5-12(13)15/h2-5,8H,6-7H2,1H3,(H2,13,15)/b5-3-. The van der Waals surface area contributed by atoms with Crippen molar-refractivity contribution in [2.75, 3.05) is 25.1 Å². The fourth-order valence-corrected chi connectivity index (χ4v) is 1.66. The molecule has 0 bridgehead atoms. The molecule has 0 spiro atoms. The van der Waals surface area contributed by atoms with Gasteiger partial charge < -0.3 is 15.4 Å². The molecule has 1 aliphatic heterocycles. The number of carbonyl (C=O) groups excluding carboxylic acids is 1. The zero-order valence-corrected chi connectivity index (χ0v) is 9.14. The molecule has 1 aromatic carbocycles. The van der Waals surface area contributed by atoms with Crippen molar-refractivity contribution in [1.29, 1.82) is 0 Å². The second-order valence-corrected chi connectivity index (χ2v) is 3.73. The number of amides is 1. The van der Waals surface area contributed by atoms with Crippen LogP contribution in [-0.2, 0) is 4.79 Å². The minimum atomic E-state index is -0.448. The molecule has 1 aromatic rings. The number of benzene rings is 1. The summed E-state index contributed by atoms with van der Waals surface area (Å²) in [4.78, 5) is 12.7. The molecule has 0 saturated heterocycles. The van der Waals surface area contributed by atoms with Gasteiger partial charge in [0.2, 0.25) is 5.91 Å². The molecule has 0 unspecified atom stereocenters. The lowest BCUT2D eigenvalue weighted by atomic mass is 10.1. The van der Waals surface area contributed by atoms with Crippen LogP contribution in [0.25, 0.3) is 6.08 Å². The molecule has 4 nitrogen and oxygen atoms in total.